The second-order valence-corrected chi connectivity index (χ2v) is 9.49. The fraction of sp³-hybridized carbons (Fsp3) is 0.478. The zero-order valence-corrected chi connectivity index (χ0v) is 19.0. The summed E-state index contributed by atoms with van der Waals surface area (Å²) in [6.07, 6.45) is -1.86. The van der Waals surface area contributed by atoms with Gasteiger partial charge in [0.05, 0.1) is 17.2 Å². The van der Waals surface area contributed by atoms with Crippen molar-refractivity contribution in [1.82, 2.24) is 0 Å². The number of phenols is 1. The summed E-state index contributed by atoms with van der Waals surface area (Å²) in [6.45, 7) is 1.25. The Balaban J connectivity index is 1.88. The van der Waals surface area contributed by atoms with Crippen LogP contribution in [-0.4, -0.2) is 69.6 Å². The van der Waals surface area contributed by atoms with E-state index >= 15 is 0 Å². The molecule has 1 aromatic rings. The molecule has 11 heteroatoms. The number of aromatic hydroxyl groups is 1. The lowest BCUT2D eigenvalue weighted by molar-refractivity contribution is -0.170. The Bertz CT molecular complexity index is 1170. The molecule has 1 aromatic carbocycles. The molecule has 0 radical (unpaired) electrons. The van der Waals surface area contributed by atoms with Crippen LogP contribution in [0.2, 0.25) is 0 Å². The summed E-state index contributed by atoms with van der Waals surface area (Å²) in [6, 6.07) is 1.55. The molecule has 11 nitrogen and oxygen atoms in total. The van der Waals surface area contributed by atoms with E-state index in [0.29, 0.717) is 11.3 Å². The van der Waals surface area contributed by atoms with Crippen molar-refractivity contribution < 1.29 is 39.6 Å². The monoisotopic (exact) mass is 473 g/mol. The van der Waals surface area contributed by atoms with Gasteiger partial charge in [-0.15, -0.1) is 0 Å². The first-order valence-corrected chi connectivity index (χ1v) is 10.9. The fourth-order valence-corrected chi connectivity index (χ4v) is 5.80. The second kappa shape index (κ2) is 7.81. The van der Waals surface area contributed by atoms with E-state index in [-0.39, 0.29) is 30.5 Å². The molecule has 1 fully saturated rings. The third-order valence-corrected chi connectivity index (χ3v) is 7.27. The third-order valence-electron chi connectivity index (χ3n) is 7.27. The summed E-state index contributed by atoms with van der Waals surface area (Å²) in [5, 5.41) is 46.6. The number of primary amides is 1. The number of rotatable bonds is 3. The average molecular weight is 473 g/mol. The molecule has 2 amide bonds. The van der Waals surface area contributed by atoms with E-state index in [1.807, 2.05) is 0 Å². The van der Waals surface area contributed by atoms with E-state index in [4.69, 9.17) is 5.73 Å². The maximum atomic E-state index is 13.7. The summed E-state index contributed by atoms with van der Waals surface area (Å²) < 4.78 is 0. The predicted octanol–water partition coefficient (Wildman–Crippen LogP) is -0.230. The number of Topliss-reactive ketones (excluding diaryl/α,β-unsaturated/α-hetero) is 2. The van der Waals surface area contributed by atoms with E-state index in [2.05, 4.69) is 5.32 Å². The number of nitrogens with one attached hydrogen (secondary N) is 1. The lowest BCUT2D eigenvalue weighted by Crippen LogP contribution is -2.64. The van der Waals surface area contributed by atoms with Crippen LogP contribution in [-0.2, 0) is 20.8 Å². The maximum absolute atomic E-state index is 13.7. The Labute approximate surface area is 194 Å². The molecule has 0 aliphatic heterocycles. The van der Waals surface area contributed by atoms with E-state index in [1.165, 1.54) is 6.92 Å². The molecule has 7 N–H and O–H groups in total. The van der Waals surface area contributed by atoms with Crippen molar-refractivity contribution in [3.63, 3.8) is 0 Å². The standard InChI is InChI=1S/C23H27N3O8/c1-8(27)25-12-7-13(26(2)3)11-5-9-4-10-6-14(28)17(22(24)33)21(32)23(10,34)20(31)15(9)19(30)16(11)18(12)29/h7,9-10,15,20,29,31-32,34H,4-6H2,1-3H3,(H2,24,33)(H,25,27). The van der Waals surface area contributed by atoms with Gasteiger partial charge in [-0.2, -0.15) is 0 Å². The van der Waals surface area contributed by atoms with Crippen LogP contribution in [0.4, 0.5) is 11.4 Å². The minimum atomic E-state index is -2.43. The number of carbonyl (C=O) groups excluding carboxylic acids is 4. The highest BCUT2D eigenvalue weighted by Gasteiger charge is 2.62. The van der Waals surface area contributed by atoms with Gasteiger partial charge in [-0.25, -0.2) is 0 Å². The molecule has 5 atom stereocenters. The molecule has 3 aliphatic rings. The smallest absolute Gasteiger partial charge is 0.255 e. The Morgan fingerprint density at radius 3 is 2.41 bits per heavy atom. The first kappa shape index (κ1) is 23.7. The van der Waals surface area contributed by atoms with Crippen molar-refractivity contribution in [2.45, 2.75) is 37.9 Å². The molecule has 0 aromatic heterocycles. The number of nitrogens with two attached hydrogens (primary N) is 1. The SMILES string of the molecule is CC(=O)Nc1cc(N(C)C)c2c(c1O)C(=O)C1C(C2)CC2CC(=O)C(C(N)=O)=C(O)C2(O)C1O. The van der Waals surface area contributed by atoms with Gasteiger partial charge >= 0.3 is 0 Å². The van der Waals surface area contributed by atoms with Gasteiger partial charge < -0.3 is 36.4 Å². The molecule has 1 saturated carbocycles. The minimum Gasteiger partial charge on any atom is -0.508 e. The lowest BCUT2D eigenvalue weighted by Gasteiger charge is -2.52. The Kier molecular flexibility index (Phi) is 5.45. The van der Waals surface area contributed by atoms with E-state index in [1.54, 1.807) is 25.1 Å². The van der Waals surface area contributed by atoms with Gasteiger partial charge in [0.15, 0.2) is 17.2 Å². The molecular weight excluding hydrogens is 446 g/mol. The molecule has 4 rings (SSSR count). The summed E-state index contributed by atoms with van der Waals surface area (Å²) in [4.78, 5) is 51.2. The molecule has 0 spiro atoms. The van der Waals surface area contributed by atoms with Gasteiger partial charge in [-0.3, -0.25) is 19.2 Å². The van der Waals surface area contributed by atoms with Crippen molar-refractivity contribution in [3.05, 3.63) is 28.5 Å². The normalized spacial score (nSPS) is 30.3. The zero-order valence-electron chi connectivity index (χ0n) is 19.0. The number of benzene rings is 1. The first-order chi connectivity index (χ1) is 15.8. The lowest BCUT2D eigenvalue weighted by atomic mass is 9.55. The highest BCUT2D eigenvalue weighted by Crippen LogP contribution is 2.54. The van der Waals surface area contributed by atoms with Gasteiger partial charge in [0.2, 0.25) is 5.91 Å². The highest BCUT2D eigenvalue weighted by atomic mass is 16.4. The van der Waals surface area contributed by atoms with E-state index in [9.17, 15) is 39.6 Å². The van der Waals surface area contributed by atoms with E-state index < -0.39 is 69.9 Å². The quantitative estimate of drug-likeness (QED) is 0.254. The summed E-state index contributed by atoms with van der Waals surface area (Å²) >= 11 is 0. The molecular formula is C23H27N3O8. The van der Waals surface area contributed by atoms with Gasteiger partial charge in [0, 0.05) is 39.0 Å². The molecule has 0 bridgehead atoms. The van der Waals surface area contributed by atoms with Crippen molar-refractivity contribution in [3.8, 4) is 5.75 Å². The number of fused-ring (bicyclic) bond motifs is 3. The summed E-state index contributed by atoms with van der Waals surface area (Å²) in [5.41, 5.74) is 3.01. The molecule has 182 valence electrons. The van der Waals surface area contributed by atoms with Crippen LogP contribution in [0.5, 0.6) is 5.75 Å². The van der Waals surface area contributed by atoms with Gasteiger partial charge in [0.25, 0.3) is 5.91 Å². The predicted molar refractivity (Wildman–Crippen MR) is 119 cm³/mol. The Morgan fingerprint density at radius 2 is 1.85 bits per heavy atom. The minimum absolute atomic E-state index is 0.0191. The van der Waals surface area contributed by atoms with Crippen LogP contribution in [0.15, 0.2) is 17.4 Å². The van der Waals surface area contributed by atoms with Crippen molar-refractivity contribution in [2.24, 2.45) is 23.5 Å². The number of hydrogen-bond acceptors (Lipinski definition) is 9. The summed E-state index contributed by atoms with van der Waals surface area (Å²) in [7, 11) is 3.48. The van der Waals surface area contributed by atoms with Crippen LogP contribution in [0.25, 0.3) is 0 Å². The van der Waals surface area contributed by atoms with E-state index in [0.717, 1.165) is 0 Å². The van der Waals surface area contributed by atoms with Crippen LogP contribution < -0.4 is 16.0 Å². The number of amides is 2. The first-order valence-electron chi connectivity index (χ1n) is 10.9. The maximum Gasteiger partial charge on any atom is 0.255 e. The number of carbonyl (C=O) groups is 4. The number of phenolic OH excluding ortho intramolecular Hbond substituents is 1. The number of ketones is 2. The number of aliphatic hydroxyl groups excluding tert-OH is 2. The summed E-state index contributed by atoms with van der Waals surface area (Å²) in [5.74, 6) is -7.30. The zero-order chi connectivity index (χ0) is 25.3. The highest BCUT2D eigenvalue weighted by molar-refractivity contribution is 6.20. The molecule has 34 heavy (non-hydrogen) atoms. The Morgan fingerprint density at radius 1 is 1.21 bits per heavy atom. The van der Waals surface area contributed by atoms with Gasteiger partial charge in [-0.05, 0) is 30.4 Å². The van der Waals surface area contributed by atoms with Crippen LogP contribution in [0.3, 0.4) is 0 Å². The van der Waals surface area contributed by atoms with Crippen molar-refractivity contribution >= 4 is 34.8 Å². The van der Waals surface area contributed by atoms with Crippen LogP contribution >= 0.6 is 0 Å². The fourth-order valence-electron chi connectivity index (χ4n) is 5.80. The largest absolute Gasteiger partial charge is 0.508 e. The van der Waals surface area contributed by atoms with Crippen LogP contribution in [0, 0.1) is 17.8 Å². The molecule has 0 heterocycles. The number of nitrogens with zero attached hydrogens (tertiary/aromatic N) is 1. The second-order valence-electron chi connectivity index (χ2n) is 9.49. The van der Waals surface area contributed by atoms with Crippen molar-refractivity contribution in [1.29, 1.82) is 0 Å². The molecule has 3 aliphatic carbocycles. The molecule has 0 saturated heterocycles. The van der Waals surface area contributed by atoms with Gasteiger partial charge in [0.1, 0.15) is 23.2 Å². The Hall–Kier alpha value is -3.44. The number of anilines is 2. The van der Waals surface area contributed by atoms with Crippen molar-refractivity contribution in [2.75, 3.05) is 24.3 Å². The number of aliphatic hydroxyl groups is 3. The topological polar surface area (TPSA) is 190 Å². The number of hydrogen-bond donors (Lipinski definition) is 6. The average Bonchev–Trinajstić information content (AvgIpc) is 2.71. The molecule has 5 unspecified atom stereocenters. The van der Waals surface area contributed by atoms with Crippen LogP contribution in [0.1, 0.15) is 35.7 Å². The van der Waals surface area contributed by atoms with Gasteiger partial charge in [-0.1, -0.05) is 0 Å². The third kappa shape index (κ3) is 3.18.